The molecule has 1 aliphatic heterocycles. The van der Waals surface area contributed by atoms with E-state index < -0.39 is 4.92 Å². The van der Waals surface area contributed by atoms with Gasteiger partial charge in [-0.25, -0.2) is 0 Å². The molecular weight excluding hydrogens is 378 g/mol. The maximum absolute atomic E-state index is 12.4. The number of thioether (sulfide) groups is 1. The molecule has 3 rings (SSSR count). The normalized spacial score (nSPS) is 24.1. The molecule has 1 aromatic carbocycles. The summed E-state index contributed by atoms with van der Waals surface area (Å²) in [6, 6.07) is 5.13. The van der Waals surface area contributed by atoms with Gasteiger partial charge >= 0.3 is 5.69 Å². The minimum atomic E-state index is -0.454. The monoisotopic (exact) mass is 401 g/mol. The van der Waals surface area contributed by atoms with Crippen LogP contribution < -0.4 is 10.5 Å². The Morgan fingerprint density at radius 1 is 1.42 bits per heavy atom. The van der Waals surface area contributed by atoms with Crippen molar-refractivity contribution >= 4 is 35.8 Å². The third kappa shape index (κ3) is 4.42. The van der Waals surface area contributed by atoms with Gasteiger partial charge in [0, 0.05) is 31.0 Å². The number of likely N-dealkylation sites (tertiary alicyclic amines) is 1. The topological polar surface area (TPSA) is 98.7 Å². The molecule has 1 amide bonds. The van der Waals surface area contributed by atoms with Crippen LogP contribution in [0.3, 0.4) is 0 Å². The lowest BCUT2D eigenvalue weighted by Gasteiger charge is -2.18. The van der Waals surface area contributed by atoms with Gasteiger partial charge in [-0.15, -0.1) is 24.2 Å². The van der Waals surface area contributed by atoms with Crippen molar-refractivity contribution < 1.29 is 14.5 Å². The Kier molecular flexibility index (Phi) is 7.14. The van der Waals surface area contributed by atoms with Crippen LogP contribution in [0.5, 0.6) is 5.75 Å². The summed E-state index contributed by atoms with van der Waals surface area (Å²) in [5.41, 5.74) is 6.88. The Balaban J connectivity index is 0.00000243. The molecule has 7 nitrogen and oxygen atoms in total. The fraction of sp³-hybridized carbons (Fsp3) is 0.588. The summed E-state index contributed by atoms with van der Waals surface area (Å²) in [6.07, 6.45) is 2.20. The number of carbonyl (C=O) groups is 1. The van der Waals surface area contributed by atoms with Gasteiger partial charge in [0.05, 0.1) is 17.8 Å². The first-order valence-corrected chi connectivity index (χ1v) is 9.57. The predicted octanol–water partition coefficient (Wildman–Crippen LogP) is 2.45. The molecule has 26 heavy (non-hydrogen) atoms. The Hall–Kier alpha value is -1.51. The maximum atomic E-state index is 12.4. The van der Waals surface area contributed by atoms with Crippen molar-refractivity contribution in [1.82, 2.24) is 4.90 Å². The van der Waals surface area contributed by atoms with Crippen molar-refractivity contribution in [1.29, 1.82) is 0 Å². The molecule has 2 N–H and O–H groups in total. The summed E-state index contributed by atoms with van der Waals surface area (Å²) in [5, 5.41) is 11.1. The number of nitro groups is 1. The highest BCUT2D eigenvalue weighted by atomic mass is 35.5. The Morgan fingerprint density at radius 3 is 2.85 bits per heavy atom. The smallest absolute Gasteiger partial charge is 0.311 e. The summed E-state index contributed by atoms with van der Waals surface area (Å²) in [7, 11) is 1.41. The van der Waals surface area contributed by atoms with Crippen LogP contribution in [-0.4, -0.2) is 47.7 Å². The SMILES string of the molecule is COc1ccc(CSCC(=O)N2CC3CCC(N)C3C2)cc1[N+](=O)[O-].Cl. The van der Waals surface area contributed by atoms with Crippen molar-refractivity contribution in [2.45, 2.75) is 24.6 Å². The zero-order chi connectivity index (χ0) is 18.0. The number of hydrogen-bond donors (Lipinski definition) is 1. The molecule has 1 saturated heterocycles. The van der Waals surface area contributed by atoms with E-state index in [9.17, 15) is 14.9 Å². The van der Waals surface area contributed by atoms with Crippen molar-refractivity contribution in [3.05, 3.63) is 33.9 Å². The number of rotatable bonds is 6. The van der Waals surface area contributed by atoms with Crippen LogP contribution in [0.4, 0.5) is 5.69 Å². The first kappa shape index (κ1) is 20.8. The second kappa shape index (κ2) is 8.92. The molecule has 3 unspecified atom stereocenters. The molecule has 1 aromatic rings. The van der Waals surface area contributed by atoms with Crippen molar-refractivity contribution in [3.8, 4) is 5.75 Å². The highest BCUT2D eigenvalue weighted by molar-refractivity contribution is 7.99. The van der Waals surface area contributed by atoms with E-state index in [-0.39, 0.29) is 35.8 Å². The lowest BCUT2D eigenvalue weighted by Crippen LogP contribution is -2.34. The number of nitro benzene ring substituents is 1. The molecule has 0 bridgehead atoms. The van der Waals surface area contributed by atoms with Gasteiger partial charge in [0.15, 0.2) is 5.75 Å². The Labute approximate surface area is 163 Å². The molecule has 2 fully saturated rings. The third-order valence-electron chi connectivity index (χ3n) is 5.20. The summed E-state index contributed by atoms with van der Waals surface area (Å²) in [4.78, 5) is 24.9. The van der Waals surface area contributed by atoms with Gasteiger partial charge < -0.3 is 15.4 Å². The van der Waals surface area contributed by atoms with Crippen LogP contribution >= 0.6 is 24.2 Å². The zero-order valence-electron chi connectivity index (χ0n) is 14.6. The van der Waals surface area contributed by atoms with Crippen molar-refractivity contribution in [3.63, 3.8) is 0 Å². The van der Waals surface area contributed by atoms with Crippen LogP contribution in [0.2, 0.25) is 0 Å². The highest BCUT2D eigenvalue weighted by Crippen LogP contribution is 2.37. The number of ether oxygens (including phenoxy) is 1. The predicted molar refractivity (Wildman–Crippen MR) is 104 cm³/mol. The maximum Gasteiger partial charge on any atom is 0.311 e. The van der Waals surface area contributed by atoms with Gasteiger partial charge in [0.2, 0.25) is 5.91 Å². The van der Waals surface area contributed by atoms with E-state index in [0.717, 1.165) is 31.5 Å². The van der Waals surface area contributed by atoms with E-state index in [1.807, 2.05) is 4.90 Å². The minimum Gasteiger partial charge on any atom is -0.490 e. The van der Waals surface area contributed by atoms with E-state index in [0.29, 0.717) is 23.3 Å². The van der Waals surface area contributed by atoms with Crippen molar-refractivity contribution in [2.75, 3.05) is 26.0 Å². The van der Waals surface area contributed by atoms with Crippen LogP contribution in [0, 0.1) is 22.0 Å². The standard InChI is InChI=1S/C17H23N3O4S.ClH/c1-24-16-5-2-11(6-15(16)20(22)23)9-25-10-17(21)19-7-12-3-4-14(18)13(12)8-19;/h2,5-6,12-14H,3-4,7-10,18H2,1H3;1H. The van der Waals surface area contributed by atoms with E-state index in [2.05, 4.69) is 0 Å². The van der Waals surface area contributed by atoms with Crippen LogP contribution in [0.15, 0.2) is 18.2 Å². The molecule has 0 aromatic heterocycles. The number of nitrogens with zero attached hydrogens (tertiary/aromatic N) is 2. The summed E-state index contributed by atoms with van der Waals surface area (Å²) >= 11 is 1.48. The van der Waals surface area contributed by atoms with Crippen LogP contribution in [0.25, 0.3) is 0 Å². The number of methoxy groups -OCH3 is 1. The number of amides is 1. The van der Waals surface area contributed by atoms with Gasteiger partial charge in [-0.2, -0.15) is 0 Å². The molecule has 3 atom stereocenters. The van der Waals surface area contributed by atoms with E-state index in [1.54, 1.807) is 12.1 Å². The number of halogens is 1. The lowest BCUT2D eigenvalue weighted by molar-refractivity contribution is -0.385. The number of nitrogens with two attached hydrogens (primary N) is 1. The first-order chi connectivity index (χ1) is 12.0. The minimum absolute atomic E-state index is 0. The third-order valence-corrected chi connectivity index (χ3v) is 6.19. The molecule has 0 radical (unpaired) electrons. The molecule has 1 heterocycles. The zero-order valence-corrected chi connectivity index (χ0v) is 16.3. The molecule has 9 heteroatoms. The number of benzene rings is 1. The van der Waals surface area contributed by atoms with Gasteiger partial charge in [0.1, 0.15) is 0 Å². The number of hydrogen-bond acceptors (Lipinski definition) is 6. The van der Waals surface area contributed by atoms with E-state index in [1.165, 1.54) is 24.9 Å². The van der Waals surface area contributed by atoms with Crippen LogP contribution in [0.1, 0.15) is 18.4 Å². The summed E-state index contributed by atoms with van der Waals surface area (Å²) < 4.78 is 5.00. The Morgan fingerprint density at radius 2 is 2.19 bits per heavy atom. The van der Waals surface area contributed by atoms with E-state index >= 15 is 0 Å². The average molecular weight is 402 g/mol. The summed E-state index contributed by atoms with van der Waals surface area (Å²) in [6.45, 7) is 1.60. The highest BCUT2D eigenvalue weighted by Gasteiger charge is 2.42. The molecule has 1 aliphatic carbocycles. The largest absolute Gasteiger partial charge is 0.490 e. The second-order valence-electron chi connectivity index (χ2n) is 6.72. The number of fused-ring (bicyclic) bond motifs is 1. The quantitative estimate of drug-likeness (QED) is 0.580. The molecule has 2 aliphatic rings. The molecule has 1 saturated carbocycles. The van der Waals surface area contributed by atoms with Crippen molar-refractivity contribution in [2.24, 2.45) is 17.6 Å². The lowest BCUT2D eigenvalue weighted by atomic mass is 9.98. The second-order valence-corrected chi connectivity index (χ2v) is 7.71. The van der Waals surface area contributed by atoms with E-state index in [4.69, 9.17) is 10.5 Å². The average Bonchev–Trinajstić information content (AvgIpc) is 3.17. The molecule has 144 valence electrons. The van der Waals surface area contributed by atoms with Gasteiger partial charge in [-0.05, 0) is 36.3 Å². The first-order valence-electron chi connectivity index (χ1n) is 8.42. The molecule has 0 spiro atoms. The summed E-state index contributed by atoms with van der Waals surface area (Å²) in [5.74, 6) is 2.33. The Bertz CT molecular complexity index is 675. The molecular formula is C17H24ClN3O4S. The van der Waals surface area contributed by atoms with Crippen LogP contribution in [-0.2, 0) is 10.5 Å². The van der Waals surface area contributed by atoms with Gasteiger partial charge in [0.25, 0.3) is 0 Å². The number of carbonyl (C=O) groups excluding carboxylic acids is 1. The fourth-order valence-electron chi connectivity index (χ4n) is 3.83. The fourth-order valence-corrected chi connectivity index (χ4v) is 4.70. The van der Waals surface area contributed by atoms with Gasteiger partial charge in [-0.3, -0.25) is 14.9 Å². The van der Waals surface area contributed by atoms with Gasteiger partial charge in [-0.1, -0.05) is 6.07 Å².